The van der Waals surface area contributed by atoms with Crippen LogP contribution in [0.25, 0.3) is 0 Å². The third-order valence-electron chi connectivity index (χ3n) is 1.94. The van der Waals surface area contributed by atoms with Crippen LogP contribution in [0.2, 0.25) is 0 Å². The van der Waals surface area contributed by atoms with Gasteiger partial charge in [-0.3, -0.25) is 0 Å². The number of nitrogens with zero attached hydrogens (tertiary/aromatic N) is 2. The van der Waals surface area contributed by atoms with Crippen molar-refractivity contribution in [1.29, 1.82) is 10.5 Å². The largest absolute Gasteiger partial charge is 0.504 e. The van der Waals surface area contributed by atoms with Crippen molar-refractivity contribution in [2.24, 2.45) is 0 Å². The number of hydrogen-bond donors (Lipinski definition) is 2. The standard InChI is InChI=1S/C12H8N2O3/c1-17-4-2-3-9-8(6-13)5-11(15)12(16)10(9)7-14/h5,15-16H,4H2,1H3. The predicted molar refractivity (Wildman–Crippen MR) is 58.0 cm³/mol. The number of ether oxygens (including phenoxy) is 1. The predicted octanol–water partition coefficient (Wildman–Crippen LogP) is 0.839. The highest BCUT2D eigenvalue weighted by Crippen LogP contribution is 2.32. The molecule has 1 aromatic carbocycles. The Kier molecular flexibility index (Phi) is 3.95. The van der Waals surface area contributed by atoms with Gasteiger partial charge in [-0.1, -0.05) is 11.8 Å². The molecule has 0 atom stereocenters. The van der Waals surface area contributed by atoms with Crippen LogP contribution in [0, 0.1) is 34.5 Å². The molecule has 0 spiro atoms. The van der Waals surface area contributed by atoms with Gasteiger partial charge in [0, 0.05) is 13.2 Å². The molecular formula is C12H8N2O3. The van der Waals surface area contributed by atoms with E-state index >= 15 is 0 Å². The van der Waals surface area contributed by atoms with Crippen molar-refractivity contribution in [3.63, 3.8) is 0 Å². The van der Waals surface area contributed by atoms with E-state index in [1.54, 1.807) is 12.1 Å². The molecule has 1 rings (SSSR count). The van der Waals surface area contributed by atoms with Gasteiger partial charge in [0.15, 0.2) is 11.5 Å². The maximum Gasteiger partial charge on any atom is 0.176 e. The number of phenolic OH excluding ortho intramolecular Hbond substituents is 2. The van der Waals surface area contributed by atoms with E-state index in [2.05, 4.69) is 11.8 Å². The molecule has 0 aliphatic heterocycles. The summed E-state index contributed by atoms with van der Waals surface area (Å²) in [5.41, 5.74) is -0.104. The summed E-state index contributed by atoms with van der Waals surface area (Å²) in [5, 5.41) is 36.5. The van der Waals surface area contributed by atoms with E-state index in [4.69, 9.17) is 15.3 Å². The fourth-order valence-electron chi connectivity index (χ4n) is 1.18. The number of methoxy groups -OCH3 is 1. The van der Waals surface area contributed by atoms with Gasteiger partial charge < -0.3 is 14.9 Å². The van der Waals surface area contributed by atoms with Crippen molar-refractivity contribution in [1.82, 2.24) is 0 Å². The number of benzene rings is 1. The molecule has 2 N–H and O–H groups in total. The van der Waals surface area contributed by atoms with Crippen LogP contribution in [-0.4, -0.2) is 23.9 Å². The summed E-state index contributed by atoms with van der Waals surface area (Å²) in [4.78, 5) is 0. The van der Waals surface area contributed by atoms with Gasteiger partial charge in [0.25, 0.3) is 0 Å². The Bertz CT molecular complexity index is 583. The van der Waals surface area contributed by atoms with Crippen molar-refractivity contribution < 1.29 is 14.9 Å². The van der Waals surface area contributed by atoms with Crippen LogP contribution >= 0.6 is 0 Å². The summed E-state index contributed by atoms with van der Waals surface area (Å²) in [5.74, 6) is 4.05. The fourth-order valence-corrected chi connectivity index (χ4v) is 1.18. The van der Waals surface area contributed by atoms with Crippen LogP contribution in [0.1, 0.15) is 16.7 Å². The molecule has 0 fully saturated rings. The molecule has 5 heteroatoms. The van der Waals surface area contributed by atoms with E-state index in [9.17, 15) is 10.2 Å². The molecule has 0 aliphatic rings. The van der Waals surface area contributed by atoms with Gasteiger partial charge in [0.2, 0.25) is 0 Å². The van der Waals surface area contributed by atoms with Gasteiger partial charge >= 0.3 is 0 Å². The Hall–Kier alpha value is -2.68. The molecule has 0 unspecified atom stereocenters. The minimum absolute atomic E-state index is 0.0282. The molecule has 0 aromatic heterocycles. The van der Waals surface area contributed by atoms with Crippen molar-refractivity contribution >= 4 is 0 Å². The van der Waals surface area contributed by atoms with Gasteiger partial charge in [-0.2, -0.15) is 10.5 Å². The second kappa shape index (κ2) is 5.42. The van der Waals surface area contributed by atoms with Crippen molar-refractivity contribution in [3.05, 3.63) is 22.8 Å². The number of hydrogen-bond acceptors (Lipinski definition) is 5. The lowest BCUT2D eigenvalue weighted by Gasteiger charge is -2.04. The quantitative estimate of drug-likeness (QED) is 0.548. The van der Waals surface area contributed by atoms with Crippen molar-refractivity contribution in [3.8, 4) is 35.5 Å². The van der Waals surface area contributed by atoms with E-state index in [1.165, 1.54) is 7.11 Å². The molecule has 17 heavy (non-hydrogen) atoms. The Morgan fingerprint density at radius 1 is 1.24 bits per heavy atom. The molecule has 84 valence electrons. The zero-order chi connectivity index (χ0) is 12.8. The second-order valence-corrected chi connectivity index (χ2v) is 3.00. The summed E-state index contributed by atoms with van der Waals surface area (Å²) in [6, 6.07) is 4.56. The van der Waals surface area contributed by atoms with Crippen LogP contribution in [0.15, 0.2) is 6.07 Å². The van der Waals surface area contributed by atoms with E-state index in [0.29, 0.717) is 0 Å². The average Bonchev–Trinajstić information content (AvgIpc) is 2.33. The summed E-state index contributed by atoms with van der Waals surface area (Å²) >= 11 is 0. The van der Waals surface area contributed by atoms with Crippen LogP contribution in [0.3, 0.4) is 0 Å². The number of nitriles is 2. The number of rotatable bonds is 1. The zero-order valence-corrected chi connectivity index (χ0v) is 8.98. The summed E-state index contributed by atoms with van der Waals surface area (Å²) < 4.78 is 4.71. The maximum absolute atomic E-state index is 9.47. The highest BCUT2D eigenvalue weighted by Gasteiger charge is 2.15. The van der Waals surface area contributed by atoms with E-state index in [1.807, 2.05) is 0 Å². The lowest BCUT2D eigenvalue weighted by atomic mass is 10.0. The fraction of sp³-hybridized carbons (Fsp3) is 0.167. The SMILES string of the molecule is COCC#Cc1c(C#N)cc(O)c(O)c1C#N. The van der Waals surface area contributed by atoms with Gasteiger partial charge in [-0.05, 0) is 0 Å². The third-order valence-corrected chi connectivity index (χ3v) is 1.94. The Morgan fingerprint density at radius 2 is 1.94 bits per heavy atom. The topological polar surface area (TPSA) is 97.3 Å². The third kappa shape index (κ3) is 2.46. The Balaban J connectivity index is 3.48. The highest BCUT2D eigenvalue weighted by atomic mass is 16.5. The Labute approximate surface area is 98.1 Å². The van der Waals surface area contributed by atoms with Crippen molar-refractivity contribution in [2.45, 2.75) is 0 Å². The normalized spacial score (nSPS) is 8.65. The molecule has 0 saturated heterocycles. The lowest BCUT2D eigenvalue weighted by Crippen LogP contribution is -1.92. The average molecular weight is 228 g/mol. The summed E-state index contributed by atoms with van der Waals surface area (Å²) in [6.45, 7) is 0.136. The van der Waals surface area contributed by atoms with Gasteiger partial charge in [0.1, 0.15) is 24.3 Å². The van der Waals surface area contributed by atoms with E-state index < -0.39 is 11.5 Å². The van der Waals surface area contributed by atoms with Gasteiger partial charge in [0.05, 0.1) is 11.1 Å². The lowest BCUT2D eigenvalue weighted by molar-refractivity contribution is 0.240. The van der Waals surface area contributed by atoms with Crippen molar-refractivity contribution in [2.75, 3.05) is 13.7 Å². The monoisotopic (exact) mass is 228 g/mol. The first-order chi connectivity index (χ1) is 8.15. The molecule has 0 saturated carbocycles. The van der Waals surface area contributed by atoms with Crippen LogP contribution in [0.4, 0.5) is 0 Å². The van der Waals surface area contributed by atoms with E-state index in [-0.39, 0.29) is 23.3 Å². The van der Waals surface area contributed by atoms with E-state index in [0.717, 1.165) is 6.07 Å². The molecule has 1 aromatic rings. The molecular weight excluding hydrogens is 220 g/mol. The maximum atomic E-state index is 9.47. The molecule has 0 amide bonds. The van der Waals surface area contributed by atoms with Crippen LogP contribution in [0.5, 0.6) is 11.5 Å². The number of aromatic hydroxyl groups is 2. The molecule has 0 heterocycles. The first-order valence-electron chi connectivity index (χ1n) is 4.52. The molecule has 0 bridgehead atoms. The second-order valence-electron chi connectivity index (χ2n) is 3.00. The molecule has 0 radical (unpaired) electrons. The van der Waals surface area contributed by atoms with Crippen LogP contribution < -0.4 is 0 Å². The first kappa shape index (κ1) is 12.4. The molecule has 0 aliphatic carbocycles. The van der Waals surface area contributed by atoms with Gasteiger partial charge in [-0.15, -0.1) is 0 Å². The Morgan fingerprint density at radius 3 is 2.47 bits per heavy atom. The smallest absolute Gasteiger partial charge is 0.176 e. The first-order valence-corrected chi connectivity index (χ1v) is 4.52. The number of phenols is 2. The molecule has 5 nitrogen and oxygen atoms in total. The van der Waals surface area contributed by atoms with Gasteiger partial charge in [-0.25, -0.2) is 0 Å². The summed E-state index contributed by atoms with van der Waals surface area (Å²) in [7, 11) is 1.46. The highest BCUT2D eigenvalue weighted by molar-refractivity contribution is 5.66. The minimum Gasteiger partial charge on any atom is -0.504 e. The zero-order valence-electron chi connectivity index (χ0n) is 8.98. The summed E-state index contributed by atoms with van der Waals surface area (Å²) in [6.07, 6.45) is 0. The minimum atomic E-state index is -0.576. The van der Waals surface area contributed by atoms with Crippen LogP contribution in [-0.2, 0) is 4.74 Å².